The molecule has 14 heavy (non-hydrogen) atoms. The number of rotatable bonds is 1. The van der Waals surface area contributed by atoms with Crippen molar-refractivity contribution in [1.29, 1.82) is 0 Å². The van der Waals surface area contributed by atoms with Crippen molar-refractivity contribution in [2.24, 2.45) is 0 Å². The monoisotopic (exact) mass is 254 g/mol. The maximum absolute atomic E-state index is 13.7. The van der Waals surface area contributed by atoms with Crippen LogP contribution in [0, 0.1) is 5.82 Å². The Morgan fingerprint density at radius 2 is 2.00 bits per heavy atom. The van der Waals surface area contributed by atoms with Gasteiger partial charge >= 0.3 is 0 Å². The number of benzene rings is 2. The van der Waals surface area contributed by atoms with E-state index in [-0.39, 0.29) is 11.6 Å². The molecule has 0 radical (unpaired) electrons. The average Bonchev–Trinajstić information content (AvgIpc) is 2.18. The molecule has 0 aromatic heterocycles. The van der Waals surface area contributed by atoms with Gasteiger partial charge in [0, 0.05) is 9.86 Å². The average molecular weight is 255 g/mol. The van der Waals surface area contributed by atoms with Gasteiger partial charge in [-0.3, -0.25) is 0 Å². The number of halogens is 2. The molecule has 0 heterocycles. The van der Waals surface area contributed by atoms with Gasteiger partial charge in [-0.25, -0.2) is 4.39 Å². The van der Waals surface area contributed by atoms with Gasteiger partial charge in [0.25, 0.3) is 0 Å². The molecule has 1 nitrogen and oxygen atoms in total. The van der Waals surface area contributed by atoms with Crippen molar-refractivity contribution in [3.05, 3.63) is 40.6 Å². The first-order valence-corrected chi connectivity index (χ1v) is 4.93. The van der Waals surface area contributed by atoms with Crippen LogP contribution in [0.1, 0.15) is 0 Å². The normalized spacial score (nSPS) is 10.5. The highest BCUT2D eigenvalue weighted by Crippen LogP contribution is 2.27. The Bertz CT molecular complexity index is 482. The van der Waals surface area contributed by atoms with Gasteiger partial charge in [0.2, 0.25) is 0 Å². The molecule has 0 bridgehead atoms. The van der Waals surface area contributed by atoms with Crippen LogP contribution in [-0.4, -0.2) is 7.11 Å². The lowest BCUT2D eigenvalue weighted by atomic mass is 10.1. The second-order valence-corrected chi connectivity index (χ2v) is 3.86. The largest absolute Gasteiger partial charge is 0.494 e. The molecule has 2 aromatic carbocycles. The van der Waals surface area contributed by atoms with Crippen molar-refractivity contribution in [3.8, 4) is 5.75 Å². The quantitative estimate of drug-likeness (QED) is 0.754. The third-order valence-corrected chi connectivity index (χ3v) is 2.59. The lowest BCUT2D eigenvalue weighted by Gasteiger charge is -2.05. The summed E-state index contributed by atoms with van der Waals surface area (Å²) in [5.41, 5.74) is 0. The minimum Gasteiger partial charge on any atom is -0.494 e. The van der Waals surface area contributed by atoms with Crippen molar-refractivity contribution in [2.45, 2.75) is 0 Å². The van der Waals surface area contributed by atoms with Crippen molar-refractivity contribution >= 4 is 26.7 Å². The Kier molecular flexibility index (Phi) is 2.42. The summed E-state index contributed by atoms with van der Waals surface area (Å²) in [6.45, 7) is 0. The van der Waals surface area contributed by atoms with Crippen LogP contribution in [0.3, 0.4) is 0 Å². The molecule has 0 N–H and O–H groups in total. The lowest BCUT2D eigenvalue weighted by Crippen LogP contribution is -1.88. The summed E-state index contributed by atoms with van der Waals surface area (Å²) in [5, 5.41) is 1.44. The first-order chi connectivity index (χ1) is 6.72. The molecular formula is C11H8BrFO. The van der Waals surface area contributed by atoms with E-state index >= 15 is 0 Å². The zero-order chi connectivity index (χ0) is 10.1. The number of ether oxygens (including phenoxy) is 1. The van der Waals surface area contributed by atoms with Gasteiger partial charge in [-0.2, -0.15) is 0 Å². The van der Waals surface area contributed by atoms with Crippen molar-refractivity contribution < 1.29 is 9.13 Å². The van der Waals surface area contributed by atoms with Gasteiger partial charge in [0.05, 0.1) is 7.11 Å². The fourth-order valence-corrected chi connectivity index (χ4v) is 1.78. The van der Waals surface area contributed by atoms with Crippen molar-refractivity contribution in [3.63, 3.8) is 0 Å². The summed E-state index contributed by atoms with van der Waals surface area (Å²) < 4.78 is 19.5. The molecule has 0 unspecified atom stereocenters. The van der Waals surface area contributed by atoms with Crippen LogP contribution >= 0.6 is 15.9 Å². The Labute approximate surface area is 89.6 Å². The van der Waals surface area contributed by atoms with E-state index in [9.17, 15) is 4.39 Å². The predicted octanol–water partition coefficient (Wildman–Crippen LogP) is 3.75. The van der Waals surface area contributed by atoms with E-state index in [4.69, 9.17) is 4.74 Å². The summed E-state index contributed by atoms with van der Waals surface area (Å²) in [4.78, 5) is 0. The maximum Gasteiger partial charge on any atom is 0.172 e. The zero-order valence-electron chi connectivity index (χ0n) is 7.55. The van der Waals surface area contributed by atoms with Gasteiger partial charge in [0.1, 0.15) is 0 Å². The molecule has 0 atom stereocenters. The van der Waals surface area contributed by atoms with Gasteiger partial charge in [-0.05, 0) is 23.6 Å². The first kappa shape index (κ1) is 9.46. The summed E-state index contributed by atoms with van der Waals surface area (Å²) in [6.07, 6.45) is 0. The zero-order valence-corrected chi connectivity index (χ0v) is 9.14. The molecule has 0 spiro atoms. The minimum absolute atomic E-state index is 0.278. The summed E-state index contributed by atoms with van der Waals surface area (Å²) >= 11 is 3.34. The van der Waals surface area contributed by atoms with E-state index in [0.717, 1.165) is 9.86 Å². The van der Waals surface area contributed by atoms with Crippen LogP contribution in [0.4, 0.5) is 4.39 Å². The van der Waals surface area contributed by atoms with Crippen LogP contribution in [0.2, 0.25) is 0 Å². The molecule has 2 aromatic rings. The molecule has 0 aliphatic rings. The highest BCUT2D eigenvalue weighted by molar-refractivity contribution is 9.10. The van der Waals surface area contributed by atoms with Crippen LogP contribution in [0.5, 0.6) is 5.75 Å². The number of hydrogen-bond donors (Lipinski definition) is 0. The molecule has 0 fully saturated rings. The summed E-state index contributed by atoms with van der Waals surface area (Å²) in [5.74, 6) is -0.0303. The van der Waals surface area contributed by atoms with Gasteiger partial charge in [0.15, 0.2) is 11.6 Å². The van der Waals surface area contributed by atoms with E-state index in [1.807, 2.05) is 18.2 Å². The Morgan fingerprint density at radius 1 is 1.21 bits per heavy atom. The third-order valence-electron chi connectivity index (χ3n) is 2.10. The Hall–Kier alpha value is -1.09. The maximum atomic E-state index is 13.7. The molecule has 3 heteroatoms. The SMILES string of the molecule is COc1ccc2cc(Br)ccc2c1F. The van der Waals surface area contributed by atoms with Crippen molar-refractivity contribution in [2.75, 3.05) is 7.11 Å². The molecule has 0 amide bonds. The second kappa shape index (κ2) is 3.58. The number of hydrogen-bond acceptors (Lipinski definition) is 1. The van der Waals surface area contributed by atoms with Gasteiger partial charge in [-0.1, -0.05) is 28.1 Å². The molecule has 2 rings (SSSR count). The minimum atomic E-state index is -0.308. The summed E-state index contributed by atoms with van der Waals surface area (Å²) in [6, 6.07) is 8.88. The van der Waals surface area contributed by atoms with E-state index in [1.165, 1.54) is 7.11 Å². The fourth-order valence-electron chi connectivity index (χ4n) is 1.40. The van der Waals surface area contributed by atoms with Crippen LogP contribution in [0.25, 0.3) is 10.8 Å². The van der Waals surface area contributed by atoms with E-state index < -0.39 is 0 Å². The molecule has 0 aliphatic heterocycles. The fraction of sp³-hybridized carbons (Fsp3) is 0.0909. The second-order valence-electron chi connectivity index (χ2n) is 2.95. The molecule has 72 valence electrons. The van der Waals surface area contributed by atoms with Crippen LogP contribution in [-0.2, 0) is 0 Å². The predicted molar refractivity (Wildman–Crippen MR) is 58.2 cm³/mol. The highest BCUT2D eigenvalue weighted by Gasteiger charge is 2.06. The highest BCUT2D eigenvalue weighted by atomic mass is 79.9. The molecule has 0 aliphatic carbocycles. The number of methoxy groups -OCH3 is 1. The standard InChI is InChI=1S/C11H8BrFO/c1-14-10-5-2-7-6-8(12)3-4-9(7)11(10)13/h2-6H,1H3. The first-order valence-electron chi connectivity index (χ1n) is 4.14. The van der Waals surface area contributed by atoms with Crippen LogP contribution < -0.4 is 4.74 Å². The smallest absolute Gasteiger partial charge is 0.172 e. The van der Waals surface area contributed by atoms with E-state index in [0.29, 0.717) is 5.39 Å². The molecular weight excluding hydrogens is 247 g/mol. The molecule has 0 saturated carbocycles. The van der Waals surface area contributed by atoms with Crippen molar-refractivity contribution in [1.82, 2.24) is 0 Å². The summed E-state index contributed by atoms with van der Waals surface area (Å²) in [7, 11) is 1.46. The topological polar surface area (TPSA) is 9.23 Å². The Morgan fingerprint density at radius 3 is 2.71 bits per heavy atom. The lowest BCUT2D eigenvalue weighted by molar-refractivity contribution is 0.389. The van der Waals surface area contributed by atoms with Gasteiger partial charge < -0.3 is 4.74 Å². The van der Waals surface area contributed by atoms with E-state index in [2.05, 4.69) is 15.9 Å². The van der Waals surface area contributed by atoms with Crippen LogP contribution in [0.15, 0.2) is 34.8 Å². The number of fused-ring (bicyclic) bond motifs is 1. The van der Waals surface area contributed by atoms with Gasteiger partial charge in [-0.15, -0.1) is 0 Å². The Balaban J connectivity index is 2.77. The molecule has 0 saturated heterocycles. The third kappa shape index (κ3) is 1.48. The van der Waals surface area contributed by atoms with E-state index in [1.54, 1.807) is 12.1 Å².